The van der Waals surface area contributed by atoms with E-state index in [1.54, 1.807) is 17.0 Å². The largest absolute Gasteiger partial charge is 0.493 e. The molecule has 0 spiro atoms. The molecule has 1 rings (SSSR count). The smallest absolute Gasteiger partial charge is 0.257 e. The van der Waals surface area contributed by atoms with E-state index in [0.29, 0.717) is 47.7 Å². The van der Waals surface area contributed by atoms with Gasteiger partial charge in [-0.05, 0) is 12.1 Å². The Kier molecular flexibility index (Phi) is 7.47. The third-order valence-corrected chi connectivity index (χ3v) is 3.27. The zero-order chi connectivity index (χ0) is 15.8. The van der Waals surface area contributed by atoms with Gasteiger partial charge in [0.25, 0.3) is 5.91 Å². The SMILES string of the molecule is COc1ccc(C(=O)N(CCCl)CCCl)c(OC)c1OC. The zero-order valence-electron chi connectivity index (χ0n) is 12.3. The maximum Gasteiger partial charge on any atom is 0.257 e. The molecule has 7 heteroatoms. The molecule has 0 aliphatic rings. The van der Waals surface area contributed by atoms with Crippen molar-refractivity contribution in [1.82, 2.24) is 4.90 Å². The summed E-state index contributed by atoms with van der Waals surface area (Å²) in [5.74, 6) is 1.65. The first-order valence-corrected chi connectivity index (χ1v) is 7.41. The number of halogens is 2. The molecule has 118 valence electrons. The predicted octanol–water partition coefficient (Wildman–Crippen LogP) is 2.63. The summed E-state index contributed by atoms with van der Waals surface area (Å²) in [6.07, 6.45) is 0. The molecule has 0 aromatic heterocycles. The molecule has 1 amide bonds. The van der Waals surface area contributed by atoms with E-state index in [0.717, 1.165) is 0 Å². The second kappa shape index (κ2) is 8.85. The molecule has 0 saturated heterocycles. The molecule has 0 heterocycles. The van der Waals surface area contributed by atoms with Gasteiger partial charge in [0.05, 0.1) is 26.9 Å². The minimum atomic E-state index is -0.214. The van der Waals surface area contributed by atoms with Gasteiger partial charge < -0.3 is 19.1 Å². The summed E-state index contributed by atoms with van der Waals surface area (Å²) >= 11 is 11.5. The van der Waals surface area contributed by atoms with Gasteiger partial charge in [-0.15, -0.1) is 23.2 Å². The lowest BCUT2D eigenvalue weighted by molar-refractivity contribution is 0.0771. The second-order valence-electron chi connectivity index (χ2n) is 4.05. The monoisotopic (exact) mass is 335 g/mol. The first kappa shape index (κ1) is 17.7. The van der Waals surface area contributed by atoms with Crippen LogP contribution in [0, 0.1) is 0 Å². The lowest BCUT2D eigenvalue weighted by Crippen LogP contribution is -2.34. The van der Waals surface area contributed by atoms with Crippen LogP contribution in [0.3, 0.4) is 0 Å². The summed E-state index contributed by atoms with van der Waals surface area (Å²) in [6.45, 7) is 0.815. The summed E-state index contributed by atoms with van der Waals surface area (Å²) < 4.78 is 15.8. The Morgan fingerprint density at radius 1 is 1.00 bits per heavy atom. The van der Waals surface area contributed by atoms with Gasteiger partial charge in [0.2, 0.25) is 5.75 Å². The Bertz CT molecular complexity index is 476. The number of nitrogens with zero attached hydrogens (tertiary/aromatic N) is 1. The standard InChI is InChI=1S/C14H19Cl2NO4/c1-19-11-5-4-10(12(20-2)13(11)21-3)14(18)17(8-6-15)9-7-16/h4-5H,6-9H2,1-3H3. The summed E-state index contributed by atoms with van der Waals surface area (Å²) in [7, 11) is 4.48. The van der Waals surface area contributed by atoms with Gasteiger partial charge >= 0.3 is 0 Å². The number of carbonyl (C=O) groups excluding carboxylic acids is 1. The number of methoxy groups -OCH3 is 3. The van der Waals surface area contributed by atoms with E-state index in [-0.39, 0.29) is 5.91 Å². The van der Waals surface area contributed by atoms with E-state index >= 15 is 0 Å². The second-order valence-corrected chi connectivity index (χ2v) is 4.81. The van der Waals surface area contributed by atoms with Crippen LogP contribution in [0.1, 0.15) is 10.4 Å². The molecule has 5 nitrogen and oxygen atoms in total. The van der Waals surface area contributed by atoms with Crippen molar-refractivity contribution in [2.45, 2.75) is 0 Å². The number of benzene rings is 1. The number of rotatable bonds is 8. The molecule has 0 N–H and O–H groups in total. The van der Waals surface area contributed by atoms with E-state index in [2.05, 4.69) is 0 Å². The maximum absolute atomic E-state index is 12.6. The average molecular weight is 336 g/mol. The molecule has 0 fully saturated rings. The van der Waals surface area contributed by atoms with E-state index in [9.17, 15) is 4.79 Å². The van der Waals surface area contributed by atoms with Gasteiger partial charge in [-0.25, -0.2) is 0 Å². The van der Waals surface area contributed by atoms with Gasteiger partial charge in [-0.1, -0.05) is 0 Å². The van der Waals surface area contributed by atoms with E-state index in [1.165, 1.54) is 21.3 Å². The third kappa shape index (κ3) is 4.08. The topological polar surface area (TPSA) is 48.0 Å². The Morgan fingerprint density at radius 2 is 1.57 bits per heavy atom. The van der Waals surface area contributed by atoms with Crippen LogP contribution < -0.4 is 14.2 Å². The number of amides is 1. The number of hydrogen-bond donors (Lipinski definition) is 0. The van der Waals surface area contributed by atoms with Crippen LogP contribution >= 0.6 is 23.2 Å². The van der Waals surface area contributed by atoms with Crippen molar-refractivity contribution < 1.29 is 19.0 Å². The van der Waals surface area contributed by atoms with Crippen LogP contribution in [-0.4, -0.2) is 57.0 Å². The molecular weight excluding hydrogens is 317 g/mol. The normalized spacial score (nSPS) is 10.1. The van der Waals surface area contributed by atoms with Crippen LogP contribution in [0.15, 0.2) is 12.1 Å². The van der Waals surface area contributed by atoms with Gasteiger partial charge in [0, 0.05) is 24.8 Å². The molecular formula is C14H19Cl2NO4. The average Bonchev–Trinajstić information content (AvgIpc) is 2.52. The Balaban J connectivity index is 3.24. The molecule has 0 saturated carbocycles. The lowest BCUT2D eigenvalue weighted by atomic mass is 10.1. The zero-order valence-corrected chi connectivity index (χ0v) is 13.8. The van der Waals surface area contributed by atoms with Crippen LogP contribution in [0.5, 0.6) is 17.2 Å². The van der Waals surface area contributed by atoms with Crippen molar-refractivity contribution in [2.75, 3.05) is 46.2 Å². The van der Waals surface area contributed by atoms with Gasteiger partial charge in [-0.3, -0.25) is 4.79 Å². The summed E-state index contributed by atoms with van der Waals surface area (Å²) in [4.78, 5) is 14.2. The van der Waals surface area contributed by atoms with Crippen LogP contribution in [-0.2, 0) is 0 Å². The van der Waals surface area contributed by atoms with Crippen molar-refractivity contribution in [3.05, 3.63) is 17.7 Å². The molecule has 0 aliphatic carbocycles. The van der Waals surface area contributed by atoms with Gasteiger partial charge in [0.15, 0.2) is 11.5 Å². The number of ether oxygens (including phenoxy) is 3. The molecule has 0 atom stereocenters. The molecule has 21 heavy (non-hydrogen) atoms. The molecule has 1 aromatic rings. The molecule has 0 radical (unpaired) electrons. The predicted molar refractivity (Wildman–Crippen MR) is 83.4 cm³/mol. The minimum absolute atomic E-state index is 0.214. The van der Waals surface area contributed by atoms with Gasteiger partial charge in [-0.2, -0.15) is 0 Å². The number of hydrogen-bond acceptors (Lipinski definition) is 4. The fourth-order valence-corrected chi connectivity index (χ4v) is 2.37. The number of carbonyl (C=O) groups is 1. The fraction of sp³-hybridized carbons (Fsp3) is 0.500. The highest BCUT2D eigenvalue weighted by Crippen LogP contribution is 2.40. The van der Waals surface area contributed by atoms with Crippen molar-refractivity contribution in [3.63, 3.8) is 0 Å². The van der Waals surface area contributed by atoms with E-state index in [1.807, 2.05) is 0 Å². The van der Waals surface area contributed by atoms with Crippen LogP contribution in [0.25, 0.3) is 0 Å². The Morgan fingerprint density at radius 3 is 2.00 bits per heavy atom. The molecule has 0 aliphatic heterocycles. The Labute approximate surface area is 134 Å². The molecule has 1 aromatic carbocycles. The lowest BCUT2D eigenvalue weighted by Gasteiger charge is -2.22. The van der Waals surface area contributed by atoms with E-state index in [4.69, 9.17) is 37.4 Å². The van der Waals surface area contributed by atoms with E-state index < -0.39 is 0 Å². The fourth-order valence-electron chi connectivity index (χ4n) is 1.96. The first-order valence-electron chi connectivity index (χ1n) is 6.34. The van der Waals surface area contributed by atoms with Gasteiger partial charge in [0.1, 0.15) is 0 Å². The highest BCUT2D eigenvalue weighted by Gasteiger charge is 2.24. The summed E-state index contributed by atoms with van der Waals surface area (Å²) in [6, 6.07) is 3.30. The quantitative estimate of drug-likeness (QED) is 0.685. The third-order valence-electron chi connectivity index (χ3n) is 2.93. The molecule has 0 bridgehead atoms. The Hall–Kier alpha value is -1.33. The van der Waals surface area contributed by atoms with Crippen LogP contribution in [0.2, 0.25) is 0 Å². The highest BCUT2D eigenvalue weighted by molar-refractivity contribution is 6.18. The van der Waals surface area contributed by atoms with Crippen molar-refractivity contribution >= 4 is 29.1 Å². The summed E-state index contributed by atoms with van der Waals surface area (Å²) in [5.41, 5.74) is 0.380. The minimum Gasteiger partial charge on any atom is -0.493 e. The van der Waals surface area contributed by atoms with Crippen molar-refractivity contribution in [2.24, 2.45) is 0 Å². The number of alkyl halides is 2. The van der Waals surface area contributed by atoms with Crippen molar-refractivity contribution in [3.8, 4) is 17.2 Å². The highest BCUT2D eigenvalue weighted by atomic mass is 35.5. The summed E-state index contributed by atoms with van der Waals surface area (Å²) in [5, 5.41) is 0. The van der Waals surface area contributed by atoms with Crippen molar-refractivity contribution in [1.29, 1.82) is 0 Å². The molecule has 0 unspecified atom stereocenters. The maximum atomic E-state index is 12.6. The van der Waals surface area contributed by atoms with Crippen LogP contribution in [0.4, 0.5) is 0 Å². The first-order chi connectivity index (χ1) is 10.1.